The first-order valence-electron chi connectivity index (χ1n) is 5.82. The molecule has 1 heterocycles. The first-order chi connectivity index (χ1) is 7.15. The number of nitrogens with zero attached hydrogens (tertiary/aromatic N) is 2. The van der Waals surface area contributed by atoms with E-state index in [2.05, 4.69) is 35.5 Å². The average Bonchev–Trinajstić information content (AvgIpc) is 3.00. The fourth-order valence-electron chi connectivity index (χ4n) is 1.94. The molecule has 0 aliphatic heterocycles. The lowest BCUT2D eigenvalue weighted by Gasteiger charge is -2.21. The predicted molar refractivity (Wildman–Crippen MR) is 63.6 cm³/mol. The lowest BCUT2D eigenvalue weighted by atomic mass is 10.0. The fourth-order valence-corrected chi connectivity index (χ4v) is 2.24. The molecule has 1 fully saturated rings. The van der Waals surface area contributed by atoms with E-state index < -0.39 is 0 Å². The summed E-state index contributed by atoms with van der Waals surface area (Å²) in [5.41, 5.74) is 0. The van der Waals surface area contributed by atoms with Crippen LogP contribution in [0.25, 0.3) is 0 Å². The molecule has 2 atom stereocenters. The summed E-state index contributed by atoms with van der Waals surface area (Å²) in [6, 6.07) is 0.455. The minimum absolute atomic E-state index is 0.455. The molecule has 3 nitrogen and oxygen atoms in total. The van der Waals surface area contributed by atoms with Crippen LogP contribution >= 0.6 is 12.2 Å². The molecule has 1 saturated carbocycles. The van der Waals surface area contributed by atoms with Crippen molar-refractivity contribution >= 4 is 12.2 Å². The third kappa shape index (κ3) is 2.00. The van der Waals surface area contributed by atoms with Crippen LogP contribution in [-0.4, -0.2) is 14.8 Å². The maximum absolute atomic E-state index is 5.31. The van der Waals surface area contributed by atoms with E-state index in [1.807, 2.05) is 0 Å². The van der Waals surface area contributed by atoms with Gasteiger partial charge >= 0.3 is 0 Å². The van der Waals surface area contributed by atoms with Crippen LogP contribution in [0, 0.1) is 10.7 Å². The van der Waals surface area contributed by atoms with Gasteiger partial charge in [-0.3, -0.25) is 5.10 Å². The zero-order chi connectivity index (χ0) is 11.0. The van der Waals surface area contributed by atoms with Gasteiger partial charge in [-0.2, -0.15) is 5.10 Å². The lowest BCUT2D eigenvalue weighted by molar-refractivity contribution is 0.358. The lowest BCUT2D eigenvalue weighted by Crippen LogP contribution is -2.16. The molecular formula is C11H19N3S. The molecule has 1 N–H and O–H groups in total. The van der Waals surface area contributed by atoms with Crippen molar-refractivity contribution in [1.29, 1.82) is 0 Å². The minimum atomic E-state index is 0.455. The maximum atomic E-state index is 5.31. The molecule has 0 spiro atoms. The molecule has 0 saturated heterocycles. The van der Waals surface area contributed by atoms with Crippen LogP contribution < -0.4 is 0 Å². The summed E-state index contributed by atoms with van der Waals surface area (Å²) in [6.45, 7) is 6.74. The van der Waals surface area contributed by atoms with Crippen LogP contribution in [0.1, 0.15) is 57.8 Å². The van der Waals surface area contributed by atoms with E-state index in [9.17, 15) is 0 Å². The van der Waals surface area contributed by atoms with Gasteiger partial charge in [-0.1, -0.05) is 20.3 Å². The van der Waals surface area contributed by atoms with E-state index in [0.29, 0.717) is 17.9 Å². The SMILES string of the molecule is CCC(C)C(C)n1c(C2CC2)n[nH]c1=S. The molecule has 1 aromatic rings. The van der Waals surface area contributed by atoms with Crippen LogP contribution in [0.15, 0.2) is 0 Å². The Hall–Kier alpha value is -0.640. The number of H-pyrrole nitrogens is 1. The molecule has 0 bridgehead atoms. The van der Waals surface area contributed by atoms with E-state index in [1.165, 1.54) is 25.1 Å². The topological polar surface area (TPSA) is 33.6 Å². The highest BCUT2D eigenvalue weighted by atomic mass is 32.1. The highest BCUT2D eigenvalue weighted by Crippen LogP contribution is 2.40. The van der Waals surface area contributed by atoms with E-state index >= 15 is 0 Å². The number of rotatable bonds is 4. The second-order valence-electron chi connectivity index (χ2n) is 4.66. The van der Waals surface area contributed by atoms with E-state index in [1.54, 1.807) is 0 Å². The van der Waals surface area contributed by atoms with Gasteiger partial charge in [0.25, 0.3) is 0 Å². The number of hydrogen-bond acceptors (Lipinski definition) is 2. The minimum Gasteiger partial charge on any atom is -0.301 e. The number of aromatic amines is 1. The molecule has 84 valence electrons. The first-order valence-corrected chi connectivity index (χ1v) is 6.22. The van der Waals surface area contributed by atoms with Gasteiger partial charge in [0.15, 0.2) is 4.77 Å². The second-order valence-corrected chi connectivity index (χ2v) is 5.04. The molecule has 1 aliphatic carbocycles. The average molecular weight is 225 g/mol. The zero-order valence-corrected chi connectivity index (χ0v) is 10.5. The Morgan fingerprint density at radius 3 is 2.73 bits per heavy atom. The van der Waals surface area contributed by atoms with Gasteiger partial charge in [-0.25, -0.2) is 0 Å². The standard InChI is InChI=1S/C11H19N3S/c1-4-7(2)8(3)14-10(9-5-6-9)12-13-11(14)15/h7-9H,4-6H2,1-3H3,(H,13,15). The number of nitrogens with one attached hydrogen (secondary N) is 1. The first kappa shape index (κ1) is 10.9. The Morgan fingerprint density at radius 1 is 1.53 bits per heavy atom. The molecule has 1 aliphatic rings. The van der Waals surface area contributed by atoms with Gasteiger partial charge in [0, 0.05) is 12.0 Å². The largest absolute Gasteiger partial charge is 0.301 e. The predicted octanol–water partition coefficient (Wildman–Crippen LogP) is 3.43. The normalized spacial score (nSPS) is 20.2. The number of hydrogen-bond donors (Lipinski definition) is 1. The molecule has 0 aromatic carbocycles. The van der Waals surface area contributed by atoms with Gasteiger partial charge < -0.3 is 4.57 Å². The molecule has 0 radical (unpaired) electrons. The summed E-state index contributed by atoms with van der Waals surface area (Å²) in [4.78, 5) is 0. The summed E-state index contributed by atoms with van der Waals surface area (Å²) in [5, 5.41) is 7.30. The van der Waals surface area contributed by atoms with Crippen molar-refractivity contribution in [3.63, 3.8) is 0 Å². The van der Waals surface area contributed by atoms with Crippen molar-refractivity contribution in [2.24, 2.45) is 5.92 Å². The highest BCUT2D eigenvalue weighted by Gasteiger charge is 2.31. The summed E-state index contributed by atoms with van der Waals surface area (Å²) in [6.07, 6.45) is 3.72. The monoisotopic (exact) mass is 225 g/mol. The van der Waals surface area contributed by atoms with Crippen molar-refractivity contribution in [2.75, 3.05) is 0 Å². The molecule has 15 heavy (non-hydrogen) atoms. The van der Waals surface area contributed by atoms with E-state index in [4.69, 9.17) is 12.2 Å². The van der Waals surface area contributed by atoms with Crippen LogP contribution in [-0.2, 0) is 0 Å². The molecule has 0 amide bonds. The van der Waals surface area contributed by atoms with E-state index in [-0.39, 0.29) is 0 Å². The number of aromatic nitrogens is 3. The summed E-state index contributed by atoms with van der Waals surface area (Å²) in [7, 11) is 0. The van der Waals surface area contributed by atoms with Gasteiger partial charge in [0.05, 0.1) is 0 Å². The third-order valence-electron chi connectivity index (χ3n) is 3.55. The van der Waals surface area contributed by atoms with Crippen molar-refractivity contribution in [3.8, 4) is 0 Å². The highest BCUT2D eigenvalue weighted by molar-refractivity contribution is 7.71. The van der Waals surface area contributed by atoms with Gasteiger partial charge in [-0.15, -0.1) is 0 Å². The molecule has 2 unspecified atom stereocenters. The second kappa shape index (κ2) is 4.08. The molecule has 4 heteroatoms. The van der Waals surface area contributed by atoms with Gasteiger partial charge in [0.1, 0.15) is 5.82 Å². The fraction of sp³-hybridized carbons (Fsp3) is 0.818. The third-order valence-corrected chi connectivity index (χ3v) is 3.84. The van der Waals surface area contributed by atoms with Crippen molar-refractivity contribution < 1.29 is 0 Å². The van der Waals surface area contributed by atoms with Crippen molar-refractivity contribution in [2.45, 2.75) is 52.0 Å². The Morgan fingerprint density at radius 2 is 2.20 bits per heavy atom. The zero-order valence-electron chi connectivity index (χ0n) is 9.66. The quantitative estimate of drug-likeness (QED) is 0.796. The van der Waals surface area contributed by atoms with Gasteiger partial charge in [-0.05, 0) is 37.9 Å². The molecular weight excluding hydrogens is 206 g/mol. The maximum Gasteiger partial charge on any atom is 0.195 e. The molecule has 2 rings (SSSR count). The van der Waals surface area contributed by atoms with Crippen LogP contribution in [0.3, 0.4) is 0 Å². The van der Waals surface area contributed by atoms with Crippen molar-refractivity contribution in [1.82, 2.24) is 14.8 Å². The molecule has 1 aromatic heterocycles. The van der Waals surface area contributed by atoms with Crippen molar-refractivity contribution in [3.05, 3.63) is 10.6 Å². The summed E-state index contributed by atoms with van der Waals surface area (Å²) < 4.78 is 3.01. The van der Waals surface area contributed by atoms with Crippen LogP contribution in [0.5, 0.6) is 0 Å². The summed E-state index contributed by atoms with van der Waals surface area (Å²) >= 11 is 5.31. The van der Waals surface area contributed by atoms with Crippen LogP contribution in [0.4, 0.5) is 0 Å². The Kier molecular flexibility index (Phi) is 2.96. The van der Waals surface area contributed by atoms with Crippen LogP contribution in [0.2, 0.25) is 0 Å². The Labute approximate surface area is 95.9 Å². The van der Waals surface area contributed by atoms with E-state index in [0.717, 1.165) is 4.77 Å². The Bertz CT molecular complexity index is 389. The smallest absolute Gasteiger partial charge is 0.195 e. The Balaban J connectivity index is 2.32. The van der Waals surface area contributed by atoms with Gasteiger partial charge in [0.2, 0.25) is 0 Å². The summed E-state index contributed by atoms with van der Waals surface area (Å²) in [5.74, 6) is 2.48.